The van der Waals surface area contributed by atoms with Crippen LogP contribution in [0.25, 0.3) is 0 Å². The van der Waals surface area contributed by atoms with E-state index in [1.807, 2.05) is 0 Å². The third-order valence-electron chi connectivity index (χ3n) is 1.59. The van der Waals surface area contributed by atoms with Crippen LogP contribution in [0, 0.1) is 0 Å². The van der Waals surface area contributed by atoms with Crippen LogP contribution in [-0.2, 0) is 14.4 Å². The number of ether oxygens (including phenoxy) is 1. The molecule has 9 heavy (non-hydrogen) atoms. The molecule has 2 saturated heterocycles. The molecule has 0 radical (unpaired) electrons. The molecule has 1 unspecified atom stereocenters. The van der Waals surface area contributed by atoms with Gasteiger partial charge in [-0.1, -0.05) is 0 Å². The van der Waals surface area contributed by atoms with E-state index in [-0.39, 0.29) is 18.8 Å². The van der Waals surface area contributed by atoms with Gasteiger partial charge in [0.05, 0.1) is 6.54 Å². The lowest BCUT2D eigenvalue weighted by atomic mass is 10.3. The molecule has 2 bridgehead atoms. The fraction of sp³-hybridized carbons (Fsp3) is 0.800. The van der Waals surface area contributed by atoms with Crippen LogP contribution in [-0.4, -0.2) is 30.4 Å². The number of hydroxylamine groups is 2. The first kappa shape index (κ1) is 5.20. The Morgan fingerprint density at radius 2 is 2.56 bits per heavy atom. The predicted octanol–water partition coefficient (Wildman–Crippen LogP) is -0.493. The summed E-state index contributed by atoms with van der Waals surface area (Å²) >= 11 is 0. The summed E-state index contributed by atoms with van der Waals surface area (Å²) in [6.45, 7) is 0.917. The summed E-state index contributed by atoms with van der Waals surface area (Å²) in [5.74, 6) is -0.0266. The zero-order valence-corrected chi connectivity index (χ0v) is 4.87. The van der Waals surface area contributed by atoms with Crippen LogP contribution >= 0.6 is 0 Å². The second-order valence-corrected chi connectivity index (χ2v) is 2.13. The maximum Gasteiger partial charge on any atom is 0.275 e. The number of hydrogen-bond donors (Lipinski definition) is 0. The number of amides is 1. The van der Waals surface area contributed by atoms with Crippen molar-refractivity contribution in [2.24, 2.45) is 0 Å². The molecule has 50 valence electrons. The highest BCUT2D eigenvalue weighted by molar-refractivity contribution is 5.82. The van der Waals surface area contributed by atoms with Crippen LogP contribution in [0.15, 0.2) is 0 Å². The zero-order chi connectivity index (χ0) is 6.27. The number of hydrogen-bond acceptors (Lipinski definition) is 3. The molecule has 1 atom stereocenters. The average molecular weight is 129 g/mol. The Kier molecular flexibility index (Phi) is 0.972. The van der Waals surface area contributed by atoms with E-state index in [0.29, 0.717) is 6.54 Å². The van der Waals surface area contributed by atoms with Crippen LogP contribution in [0.3, 0.4) is 0 Å². The van der Waals surface area contributed by atoms with Crippen molar-refractivity contribution in [3.63, 3.8) is 0 Å². The lowest BCUT2D eigenvalue weighted by Gasteiger charge is -2.20. The molecule has 2 rings (SSSR count). The minimum absolute atomic E-state index is 0.0266. The summed E-state index contributed by atoms with van der Waals surface area (Å²) in [5, 5.41) is 1.37. The van der Waals surface area contributed by atoms with Crippen LogP contribution in [0.1, 0.15) is 6.42 Å². The zero-order valence-electron chi connectivity index (χ0n) is 4.87. The second kappa shape index (κ2) is 1.68. The van der Waals surface area contributed by atoms with Crippen LogP contribution < -0.4 is 0 Å². The number of carbonyl (C=O) groups is 1. The fourth-order valence-corrected chi connectivity index (χ4v) is 1.09. The molecule has 2 fully saturated rings. The summed E-state index contributed by atoms with van der Waals surface area (Å²) in [6.07, 6.45) is 0.567. The molecule has 0 aromatic rings. The first-order valence-corrected chi connectivity index (χ1v) is 2.94. The molecule has 1 amide bonds. The molecule has 0 spiro atoms. The van der Waals surface area contributed by atoms with Gasteiger partial charge in [0.2, 0.25) is 0 Å². The lowest BCUT2D eigenvalue weighted by Crippen LogP contribution is -2.37. The Labute approximate surface area is 52.3 Å². The molecule has 2 aliphatic rings. The van der Waals surface area contributed by atoms with E-state index in [0.717, 1.165) is 6.42 Å². The van der Waals surface area contributed by atoms with Crippen molar-refractivity contribution in [1.82, 2.24) is 5.06 Å². The maximum atomic E-state index is 10.9. The Bertz CT molecular complexity index is 129. The highest BCUT2D eigenvalue weighted by Crippen LogP contribution is 2.18. The van der Waals surface area contributed by atoms with E-state index < -0.39 is 0 Å². The molecule has 0 aliphatic carbocycles. The van der Waals surface area contributed by atoms with Gasteiger partial charge >= 0.3 is 0 Å². The van der Waals surface area contributed by atoms with Gasteiger partial charge in [0.15, 0.2) is 6.79 Å². The smallest absolute Gasteiger partial charge is 0.275 e. The molecule has 2 aliphatic heterocycles. The van der Waals surface area contributed by atoms with Gasteiger partial charge in [-0.25, -0.2) is 9.90 Å². The van der Waals surface area contributed by atoms with E-state index in [1.165, 1.54) is 5.06 Å². The van der Waals surface area contributed by atoms with E-state index >= 15 is 0 Å². The highest BCUT2D eigenvalue weighted by Gasteiger charge is 2.37. The molecule has 0 aromatic heterocycles. The van der Waals surface area contributed by atoms with Crippen molar-refractivity contribution in [3.8, 4) is 0 Å². The monoisotopic (exact) mass is 129 g/mol. The van der Waals surface area contributed by atoms with Gasteiger partial charge in [-0.05, 0) is 0 Å². The van der Waals surface area contributed by atoms with E-state index in [9.17, 15) is 4.79 Å². The number of nitrogens with zero attached hydrogens (tertiary/aromatic N) is 1. The van der Waals surface area contributed by atoms with Crippen molar-refractivity contribution in [3.05, 3.63) is 0 Å². The summed E-state index contributed by atoms with van der Waals surface area (Å²) < 4.78 is 4.97. The molecule has 4 nitrogen and oxygen atoms in total. The maximum absolute atomic E-state index is 10.9. The molecule has 0 N–H and O–H groups in total. The second-order valence-electron chi connectivity index (χ2n) is 2.13. The van der Waals surface area contributed by atoms with Crippen molar-refractivity contribution >= 4 is 5.91 Å². The van der Waals surface area contributed by atoms with Gasteiger partial charge in [0, 0.05) is 6.42 Å². The van der Waals surface area contributed by atoms with Crippen LogP contribution in [0.2, 0.25) is 0 Å². The van der Waals surface area contributed by atoms with Gasteiger partial charge in [-0.2, -0.15) is 0 Å². The Morgan fingerprint density at radius 1 is 1.67 bits per heavy atom. The van der Waals surface area contributed by atoms with Crippen molar-refractivity contribution < 1.29 is 14.4 Å². The summed E-state index contributed by atoms with van der Waals surface area (Å²) in [6, 6.07) is 0. The summed E-state index contributed by atoms with van der Waals surface area (Å²) in [5.41, 5.74) is 0. The third kappa shape index (κ3) is 0.635. The summed E-state index contributed by atoms with van der Waals surface area (Å²) in [7, 11) is 0. The number of rotatable bonds is 0. The Morgan fingerprint density at radius 3 is 3.22 bits per heavy atom. The van der Waals surface area contributed by atoms with Crippen molar-refractivity contribution in [2.75, 3.05) is 13.3 Å². The molecule has 4 heteroatoms. The minimum Gasteiger partial charge on any atom is -0.340 e. The molecular formula is C5H7NO3. The Hall–Kier alpha value is -0.610. The van der Waals surface area contributed by atoms with Crippen LogP contribution in [0.4, 0.5) is 0 Å². The quantitative estimate of drug-likeness (QED) is 0.443. The standard InChI is InChI=1S/C5H7NO3/c7-5-4-1-2-6(5)9-3-8-4/h4H,1-3H2. The highest BCUT2D eigenvalue weighted by atomic mass is 16.8. The van der Waals surface area contributed by atoms with E-state index in [1.54, 1.807) is 0 Å². The third-order valence-corrected chi connectivity index (χ3v) is 1.59. The van der Waals surface area contributed by atoms with Crippen LogP contribution in [0.5, 0.6) is 0 Å². The number of carbonyl (C=O) groups excluding carboxylic acids is 1. The molecule has 0 aromatic carbocycles. The van der Waals surface area contributed by atoms with Gasteiger partial charge in [0.25, 0.3) is 5.91 Å². The average Bonchev–Trinajstić information content (AvgIpc) is 2.19. The SMILES string of the molecule is O=C1C2CCN1OCO2. The van der Waals surface area contributed by atoms with E-state index in [4.69, 9.17) is 9.57 Å². The molecule has 2 heterocycles. The van der Waals surface area contributed by atoms with Crippen molar-refractivity contribution in [1.29, 1.82) is 0 Å². The Balaban J connectivity index is 2.19. The largest absolute Gasteiger partial charge is 0.340 e. The van der Waals surface area contributed by atoms with E-state index in [2.05, 4.69) is 0 Å². The normalized spacial score (nSPS) is 33.6. The van der Waals surface area contributed by atoms with Gasteiger partial charge < -0.3 is 4.74 Å². The van der Waals surface area contributed by atoms with Crippen molar-refractivity contribution in [2.45, 2.75) is 12.5 Å². The first-order valence-electron chi connectivity index (χ1n) is 2.94. The first-order chi connectivity index (χ1) is 4.38. The molecular weight excluding hydrogens is 122 g/mol. The topological polar surface area (TPSA) is 38.8 Å². The summed E-state index contributed by atoms with van der Waals surface area (Å²) in [4.78, 5) is 15.7. The van der Waals surface area contributed by atoms with Gasteiger partial charge in [-0.3, -0.25) is 4.79 Å². The minimum atomic E-state index is -0.209. The van der Waals surface area contributed by atoms with Gasteiger partial charge in [0.1, 0.15) is 6.10 Å². The van der Waals surface area contributed by atoms with Gasteiger partial charge in [-0.15, -0.1) is 0 Å². The molecule has 0 saturated carbocycles. The lowest BCUT2D eigenvalue weighted by molar-refractivity contribution is -0.246. The predicted molar refractivity (Wildman–Crippen MR) is 27.2 cm³/mol. The fourth-order valence-electron chi connectivity index (χ4n) is 1.09. The number of fused-ring (bicyclic) bond motifs is 2.